The number of methoxy groups -OCH3 is 1. The molecule has 0 bridgehead atoms. The highest BCUT2D eigenvalue weighted by Gasteiger charge is 2.16. The zero-order valence-corrected chi connectivity index (χ0v) is 11.7. The van der Waals surface area contributed by atoms with Crippen molar-refractivity contribution >= 4 is 11.7 Å². The molecule has 1 N–H and O–H groups in total. The van der Waals surface area contributed by atoms with Gasteiger partial charge in [-0.3, -0.25) is 4.90 Å². The molecule has 2 rings (SSSR count). The van der Waals surface area contributed by atoms with Crippen LogP contribution in [0.25, 0.3) is 0 Å². The molecular weight excluding hydrogens is 256 g/mol. The van der Waals surface area contributed by atoms with Gasteiger partial charge in [0.05, 0.1) is 7.11 Å². The Balaban J connectivity index is 1.82. The van der Waals surface area contributed by atoms with Crippen LogP contribution in [0.15, 0.2) is 36.4 Å². The lowest BCUT2D eigenvalue weighted by molar-refractivity contribution is -0.131. The minimum absolute atomic E-state index is 0.697. The van der Waals surface area contributed by atoms with Crippen molar-refractivity contribution < 1.29 is 14.6 Å². The van der Waals surface area contributed by atoms with E-state index in [0.717, 1.165) is 31.9 Å². The summed E-state index contributed by atoms with van der Waals surface area (Å²) in [7, 11) is 1.67. The minimum Gasteiger partial charge on any atom is -0.497 e. The number of carboxylic acid groups (broad SMARTS) is 1. The van der Waals surface area contributed by atoms with Gasteiger partial charge in [-0.25, -0.2) is 4.79 Å². The summed E-state index contributed by atoms with van der Waals surface area (Å²) in [6, 6.07) is 8.08. The van der Waals surface area contributed by atoms with Gasteiger partial charge in [0.15, 0.2) is 0 Å². The van der Waals surface area contributed by atoms with Gasteiger partial charge in [-0.1, -0.05) is 6.08 Å². The van der Waals surface area contributed by atoms with Crippen LogP contribution in [-0.2, 0) is 4.79 Å². The Bertz CT molecular complexity index is 463. The summed E-state index contributed by atoms with van der Waals surface area (Å²) in [5.41, 5.74) is 1.20. The lowest BCUT2D eigenvalue weighted by Gasteiger charge is -2.35. The smallest absolute Gasteiger partial charge is 0.328 e. The third-order valence-electron chi connectivity index (χ3n) is 3.43. The number of piperazine rings is 1. The van der Waals surface area contributed by atoms with Crippen molar-refractivity contribution in [1.29, 1.82) is 0 Å². The molecule has 108 valence electrons. The molecule has 0 spiro atoms. The molecule has 0 aliphatic carbocycles. The predicted molar refractivity (Wildman–Crippen MR) is 78.4 cm³/mol. The first-order chi connectivity index (χ1) is 9.69. The largest absolute Gasteiger partial charge is 0.497 e. The summed E-state index contributed by atoms with van der Waals surface area (Å²) in [5.74, 6) is -0.0203. The van der Waals surface area contributed by atoms with Crippen LogP contribution in [0.1, 0.15) is 0 Å². The average molecular weight is 276 g/mol. The number of carboxylic acids is 1. The number of benzene rings is 1. The SMILES string of the molecule is COc1ccc(N2CCN(CC=CC(=O)O)CC2)cc1. The maximum Gasteiger partial charge on any atom is 0.328 e. The topological polar surface area (TPSA) is 53.0 Å². The predicted octanol–water partition coefficient (Wildman–Crippen LogP) is 1.46. The van der Waals surface area contributed by atoms with E-state index in [-0.39, 0.29) is 0 Å². The van der Waals surface area contributed by atoms with E-state index in [4.69, 9.17) is 9.84 Å². The maximum atomic E-state index is 10.4. The van der Waals surface area contributed by atoms with Gasteiger partial charge in [0.1, 0.15) is 5.75 Å². The van der Waals surface area contributed by atoms with Gasteiger partial charge in [-0.15, -0.1) is 0 Å². The van der Waals surface area contributed by atoms with Gasteiger partial charge in [0.2, 0.25) is 0 Å². The lowest BCUT2D eigenvalue weighted by Crippen LogP contribution is -2.46. The van der Waals surface area contributed by atoms with Gasteiger partial charge >= 0.3 is 5.97 Å². The van der Waals surface area contributed by atoms with Crippen LogP contribution in [0.3, 0.4) is 0 Å². The standard InChI is InChI=1S/C15H20N2O3/c1-20-14-6-4-13(5-7-14)17-11-9-16(10-12-17)8-2-3-15(18)19/h2-7H,8-12H2,1H3,(H,18,19). The Kier molecular flexibility index (Phi) is 5.01. The number of carbonyl (C=O) groups is 1. The molecule has 5 heteroatoms. The Hall–Kier alpha value is -2.01. The summed E-state index contributed by atoms with van der Waals surface area (Å²) in [5, 5.41) is 8.55. The van der Waals surface area contributed by atoms with Crippen molar-refractivity contribution in [2.45, 2.75) is 0 Å². The molecule has 5 nitrogen and oxygen atoms in total. The van der Waals surface area contributed by atoms with Crippen LogP contribution in [0, 0.1) is 0 Å². The van der Waals surface area contributed by atoms with E-state index in [1.807, 2.05) is 12.1 Å². The van der Waals surface area contributed by atoms with E-state index in [2.05, 4.69) is 21.9 Å². The molecule has 0 aromatic heterocycles. The minimum atomic E-state index is -0.887. The monoisotopic (exact) mass is 276 g/mol. The molecule has 1 aliphatic rings. The molecule has 1 saturated heterocycles. The fraction of sp³-hybridized carbons (Fsp3) is 0.400. The van der Waals surface area contributed by atoms with Crippen molar-refractivity contribution in [1.82, 2.24) is 4.90 Å². The van der Waals surface area contributed by atoms with Crippen LogP contribution in [0.4, 0.5) is 5.69 Å². The number of aliphatic carboxylic acids is 1. The van der Waals surface area contributed by atoms with Crippen molar-refractivity contribution in [3.63, 3.8) is 0 Å². The second kappa shape index (κ2) is 6.96. The third kappa shape index (κ3) is 3.99. The number of nitrogens with zero attached hydrogens (tertiary/aromatic N) is 2. The quantitative estimate of drug-likeness (QED) is 0.825. The molecule has 0 saturated carbocycles. The second-order valence-electron chi connectivity index (χ2n) is 4.73. The summed E-state index contributed by atoms with van der Waals surface area (Å²) < 4.78 is 5.15. The van der Waals surface area contributed by atoms with Gasteiger partial charge in [-0.2, -0.15) is 0 Å². The molecule has 1 aliphatic heterocycles. The summed E-state index contributed by atoms with van der Waals surface area (Å²) in [6.07, 6.45) is 2.90. The van der Waals surface area contributed by atoms with Gasteiger partial charge < -0.3 is 14.7 Å². The van der Waals surface area contributed by atoms with Crippen LogP contribution in [0.2, 0.25) is 0 Å². The van der Waals surface area contributed by atoms with E-state index in [0.29, 0.717) is 6.54 Å². The zero-order chi connectivity index (χ0) is 14.4. The summed E-state index contributed by atoms with van der Waals surface area (Å²) in [4.78, 5) is 15.0. The lowest BCUT2D eigenvalue weighted by atomic mass is 10.2. The van der Waals surface area contributed by atoms with E-state index >= 15 is 0 Å². The van der Waals surface area contributed by atoms with Crippen LogP contribution in [0.5, 0.6) is 5.75 Å². The molecule has 0 atom stereocenters. The van der Waals surface area contributed by atoms with Crippen LogP contribution < -0.4 is 9.64 Å². The summed E-state index contributed by atoms with van der Waals surface area (Å²) >= 11 is 0. The second-order valence-corrected chi connectivity index (χ2v) is 4.73. The number of anilines is 1. The Morgan fingerprint density at radius 2 is 1.90 bits per heavy atom. The first kappa shape index (κ1) is 14.4. The molecular formula is C15H20N2O3. The van der Waals surface area contributed by atoms with Crippen molar-refractivity contribution in [3.8, 4) is 5.75 Å². The van der Waals surface area contributed by atoms with E-state index < -0.39 is 5.97 Å². The van der Waals surface area contributed by atoms with Crippen molar-refractivity contribution in [2.24, 2.45) is 0 Å². The van der Waals surface area contributed by atoms with E-state index in [1.165, 1.54) is 11.8 Å². The molecule has 1 fully saturated rings. The van der Waals surface area contributed by atoms with Gasteiger partial charge in [0.25, 0.3) is 0 Å². The molecule has 20 heavy (non-hydrogen) atoms. The summed E-state index contributed by atoms with van der Waals surface area (Å²) in [6.45, 7) is 4.48. The fourth-order valence-electron chi connectivity index (χ4n) is 2.28. The third-order valence-corrected chi connectivity index (χ3v) is 3.43. The first-order valence-electron chi connectivity index (χ1n) is 6.70. The Labute approximate surface area is 119 Å². The normalized spacial score (nSPS) is 16.6. The Morgan fingerprint density at radius 3 is 2.45 bits per heavy atom. The zero-order valence-electron chi connectivity index (χ0n) is 11.7. The van der Waals surface area contributed by atoms with Crippen molar-refractivity contribution in [2.75, 3.05) is 44.7 Å². The maximum absolute atomic E-state index is 10.4. The van der Waals surface area contributed by atoms with Crippen LogP contribution in [-0.4, -0.2) is 55.8 Å². The molecule has 0 unspecified atom stereocenters. The highest BCUT2D eigenvalue weighted by Crippen LogP contribution is 2.20. The first-order valence-corrected chi connectivity index (χ1v) is 6.70. The van der Waals surface area contributed by atoms with E-state index in [9.17, 15) is 4.79 Å². The average Bonchev–Trinajstić information content (AvgIpc) is 2.48. The highest BCUT2D eigenvalue weighted by molar-refractivity contribution is 5.79. The highest BCUT2D eigenvalue weighted by atomic mass is 16.5. The molecule has 1 heterocycles. The van der Waals surface area contributed by atoms with Gasteiger partial charge in [-0.05, 0) is 24.3 Å². The fourth-order valence-corrected chi connectivity index (χ4v) is 2.28. The number of hydrogen-bond donors (Lipinski definition) is 1. The molecule has 1 aromatic rings. The van der Waals surface area contributed by atoms with E-state index in [1.54, 1.807) is 13.2 Å². The molecule has 1 aromatic carbocycles. The number of rotatable bonds is 5. The van der Waals surface area contributed by atoms with Crippen molar-refractivity contribution in [3.05, 3.63) is 36.4 Å². The molecule has 0 radical (unpaired) electrons. The van der Waals surface area contributed by atoms with Gasteiger partial charge in [0, 0.05) is 44.5 Å². The molecule has 0 amide bonds. The van der Waals surface area contributed by atoms with Crippen LogP contribution >= 0.6 is 0 Å². The Morgan fingerprint density at radius 1 is 1.25 bits per heavy atom. The number of ether oxygens (including phenoxy) is 1. The number of hydrogen-bond acceptors (Lipinski definition) is 4.